The van der Waals surface area contributed by atoms with Crippen LogP contribution in [0.3, 0.4) is 0 Å². The Labute approximate surface area is 144 Å². The first-order valence-corrected chi connectivity index (χ1v) is 8.11. The van der Waals surface area contributed by atoms with Crippen molar-refractivity contribution in [3.8, 4) is 11.5 Å². The smallest absolute Gasteiger partial charge is 0.229 e. The number of amides is 2. The molecule has 25 heavy (non-hydrogen) atoms. The summed E-state index contributed by atoms with van der Waals surface area (Å²) in [4.78, 5) is 30.4. The minimum Gasteiger partial charge on any atom is -0.486 e. The van der Waals surface area contributed by atoms with Crippen molar-refractivity contribution in [3.63, 3.8) is 0 Å². The van der Waals surface area contributed by atoms with Crippen molar-refractivity contribution in [2.45, 2.75) is 6.42 Å². The van der Waals surface area contributed by atoms with Gasteiger partial charge in [-0.2, -0.15) is 0 Å². The zero-order chi connectivity index (χ0) is 17.2. The monoisotopic (exact) mass is 339 g/mol. The quantitative estimate of drug-likeness (QED) is 0.923. The van der Waals surface area contributed by atoms with Gasteiger partial charge in [0, 0.05) is 30.9 Å². The molecular formula is C18H17N3O4. The lowest BCUT2D eigenvalue weighted by Gasteiger charge is -2.22. The molecule has 0 saturated carbocycles. The number of nitrogens with one attached hydrogen (secondary N) is 1. The van der Waals surface area contributed by atoms with E-state index in [9.17, 15) is 9.59 Å². The summed E-state index contributed by atoms with van der Waals surface area (Å²) in [6.07, 6.45) is 3.39. The van der Waals surface area contributed by atoms with E-state index < -0.39 is 5.92 Å². The molecule has 4 rings (SSSR count). The number of carbonyl (C=O) groups excluding carboxylic acids is 2. The lowest BCUT2D eigenvalue weighted by molar-refractivity contribution is -0.122. The first-order chi connectivity index (χ1) is 12.2. The maximum atomic E-state index is 12.4. The van der Waals surface area contributed by atoms with Crippen molar-refractivity contribution >= 4 is 23.2 Å². The molecule has 2 aliphatic heterocycles. The van der Waals surface area contributed by atoms with Crippen LogP contribution in [0, 0.1) is 5.92 Å². The minimum absolute atomic E-state index is 0.0805. The zero-order valence-electron chi connectivity index (χ0n) is 13.5. The lowest BCUT2D eigenvalue weighted by atomic mass is 10.1. The van der Waals surface area contributed by atoms with Crippen molar-refractivity contribution in [2.24, 2.45) is 5.92 Å². The van der Waals surface area contributed by atoms with Crippen LogP contribution in [0.15, 0.2) is 42.7 Å². The van der Waals surface area contributed by atoms with Gasteiger partial charge in [-0.15, -0.1) is 0 Å². The normalized spacial score (nSPS) is 19.0. The molecule has 7 heteroatoms. The number of ether oxygens (including phenoxy) is 2. The van der Waals surface area contributed by atoms with Gasteiger partial charge < -0.3 is 19.7 Å². The summed E-state index contributed by atoms with van der Waals surface area (Å²) in [6, 6.07) is 8.90. The van der Waals surface area contributed by atoms with Crippen LogP contribution < -0.4 is 19.7 Å². The highest BCUT2D eigenvalue weighted by Gasteiger charge is 2.35. The van der Waals surface area contributed by atoms with Crippen molar-refractivity contribution in [3.05, 3.63) is 42.7 Å². The Balaban J connectivity index is 1.48. The number of hydrogen-bond acceptors (Lipinski definition) is 5. The molecule has 7 nitrogen and oxygen atoms in total. The number of rotatable bonds is 3. The molecule has 3 heterocycles. The zero-order valence-corrected chi connectivity index (χ0v) is 13.5. The third-order valence-corrected chi connectivity index (χ3v) is 4.26. The Kier molecular flexibility index (Phi) is 3.97. The first-order valence-electron chi connectivity index (χ1n) is 8.11. The van der Waals surface area contributed by atoms with E-state index in [1.165, 1.54) is 0 Å². The van der Waals surface area contributed by atoms with Crippen molar-refractivity contribution in [2.75, 3.05) is 30.0 Å². The van der Waals surface area contributed by atoms with E-state index in [1.54, 1.807) is 41.6 Å². The highest BCUT2D eigenvalue weighted by molar-refractivity contribution is 6.03. The third kappa shape index (κ3) is 3.13. The van der Waals surface area contributed by atoms with Gasteiger partial charge in [0.05, 0.1) is 17.8 Å². The summed E-state index contributed by atoms with van der Waals surface area (Å²) in [5, 5.41) is 2.80. The van der Waals surface area contributed by atoms with Gasteiger partial charge in [0.1, 0.15) is 13.2 Å². The fraction of sp³-hybridized carbons (Fsp3) is 0.278. The van der Waals surface area contributed by atoms with Crippen molar-refractivity contribution in [1.29, 1.82) is 0 Å². The van der Waals surface area contributed by atoms with Crippen LogP contribution in [0.5, 0.6) is 11.5 Å². The largest absolute Gasteiger partial charge is 0.486 e. The van der Waals surface area contributed by atoms with E-state index in [2.05, 4.69) is 10.3 Å². The molecule has 0 spiro atoms. The fourth-order valence-electron chi connectivity index (χ4n) is 3.01. The Hall–Kier alpha value is -3.09. The molecule has 0 unspecified atom stereocenters. The lowest BCUT2D eigenvalue weighted by Crippen LogP contribution is -2.28. The van der Waals surface area contributed by atoms with Crippen LogP contribution in [-0.2, 0) is 9.59 Å². The number of fused-ring (bicyclic) bond motifs is 1. The van der Waals surface area contributed by atoms with E-state index in [4.69, 9.17) is 9.47 Å². The van der Waals surface area contributed by atoms with Gasteiger partial charge >= 0.3 is 0 Å². The molecule has 0 aliphatic carbocycles. The topological polar surface area (TPSA) is 80.8 Å². The van der Waals surface area contributed by atoms with E-state index >= 15 is 0 Å². The second kappa shape index (κ2) is 6.43. The number of aromatic nitrogens is 1. The maximum Gasteiger partial charge on any atom is 0.229 e. The molecule has 0 radical (unpaired) electrons. The first kappa shape index (κ1) is 15.4. The molecule has 2 aliphatic rings. The standard InChI is InChI=1S/C18H17N3O4/c22-17-8-12(18(23)20-13-2-1-5-19-10-13)11-21(17)14-3-4-15-16(9-14)25-7-6-24-15/h1-5,9-10,12H,6-8,11H2,(H,20,23)/t12-/m1/s1. The highest BCUT2D eigenvalue weighted by Crippen LogP contribution is 2.36. The summed E-state index contributed by atoms with van der Waals surface area (Å²) in [5.41, 5.74) is 1.34. The van der Waals surface area contributed by atoms with E-state index in [-0.39, 0.29) is 18.2 Å². The summed E-state index contributed by atoms with van der Waals surface area (Å²) < 4.78 is 11.1. The molecule has 1 fully saturated rings. The Bertz CT molecular complexity index is 809. The molecule has 1 atom stereocenters. The predicted molar refractivity (Wildman–Crippen MR) is 90.8 cm³/mol. The summed E-state index contributed by atoms with van der Waals surface area (Å²) in [5.74, 6) is 0.637. The molecule has 2 amide bonds. The Morgan fingerprint density at radius 2 is 2.04 bits per heavy atom. The average molecular weight is 339 g/mol. The summed E-state index contributed by atoms with van der Waals surface area (Å²) in [6.45, 7) is 1.34. The van der Waals surface area contributed by atoms with Crippen molar-refractivity contribution < 1.29 is 19.1 Å². The summed E-state index contributed by atoms with van der Waals surface area (Å²) >= 11 is 0. The molecule has 0 bridgehead atoms. The van der Waals surface area contributed by atoms with Crippen LogP contribution in [0.4, 0.5) is 11.4 Å². The Morgan fingerprint density at radius 3 is 2.84 bits per heavy atom. The van der Waals surface area contributed by atoms with Gasteiger partial charge in [0.15, 0.2) is 11.5 Å². The highest BCUT2D eigenvalue weighted by atomic mass is 16.6. The summed E-state index contributed by atoms with van der Waals surface area (Å²) in [7, 11) is 0. The van der Waals surface area contributed by atoms with Gasteiger partial charge in [0.2, 0.25) is 11.8 Å². The van der Waals surface area contributed by atoms with Crippen LogP contribution in [0.2, 0.25) is 0 Å². The maximum absolute atomic E-state index is 12.4. The molecule has 1 aromatic heterocycles. The molecule has 1 aromatic carbocycles. The molecule has 1 saturated heterocycles. The van der Waals surface area contributed by atoms with E-state index in [0.717, 1.165) is 0 Å². The molecular weight excluding hydrogens is 322 g/mol. The number of pyridine rings is 1. The number of benzene rings is 1. The predicted octanol–water partition coefficient (Wildman–Crippen LogP) is 1.84. The number of hydrogen-bond donors (Lipinski definition) is 1. The van der Waals surface area contributed by atoms with Gasteiger partial charge in [0.25, 0.3) is 0 Å². The van der Waals surface area contributed by atoms with Gasteiger partial charge in [-0.25, -0.2) is 0 Å². The third-order valence-electron chi connectivity index (χ3n) is 4.26. The van der Waals surface area contributed by atoms with E-state index in [1.807, 2.05) is 6.07 Å². The second-order valence-corrected chi connectivity index (χ2v) is 5.96. The van der Waals surface area contributed by atoms with Gasteiger partial charge in [-0.05, 0) is 24.3 Å². The number of nitrogens with zero attached hydrogens (tertiary/aromatic N) is 2. The fourth-order valence-corrected chi connectivity index (χ4v) is 3.01. The molecule has 128 valence electrons. The van der Waals surface area contributed by atoms with Gasteiger partial charge in [-0.1, -0.05) is 0 Å². The molecule has 2 aromatic rings. The number of carbonyl (C=O) groups is 2. The van der Waals surface area contributed by atoms with E-state index in [0.29, 0.717) is 42.6 Å². The van der Waals surface area contributed by atoms with Crippen LogP contribution in [-0.4, -0.2) is 36.6 Å². The average Bonchev–Trinajstić information content (AvgIpc) is 3.04. The number of anilines is 2. The minimum atomic E-state index is -0.402. The van der Waals surface area contributed by atoms with Crippen LogP contribution in [0.1, 0.15) is 6.42 Å². The SMILES string of the molecule is O=C(Nc1cccnc1)[C@@H]1CC(=O)N(c2ccc3c(c2)OCCO3)C1. The van der Waals surface area contributed by atoms with Gasteiger partial charge in [-0.3, -0.25) is 14.6 Å². The molecule has 1 N–H and O–H groups in total. The second-order valence-electron chi connectivity index (χ2n) is 5.96. The van der Waals surface area contributed by atoms with Crippen LogP contribution >= 0.6 is 0 Å². The van der Waals surface area contributed by atoms with Crippen LogP contribution in [0.25, 0.3) is 0 Å². The Morgan fingerprint density at radius 1 is 1.20 bits per heavy atom. The van der Waals surface area contributed by atoms with Crippen molar-refractivity contribution in [1.82, 2.24) is 4.98 Å².